The Kier molecular flexibility index (Phi) is 3.56. The second-order valence-electron chi connectivity index (χ2n) is 3.87. The standard InChI is InChI=1S/C12H18N2O/c1-2-15-12-5-8-14-9-11(12)10-3-6-13-7-4-10/h5,8-10,13H,2-4,6-7H2,1H3. The first-order valence-electron chi connectivity index (χ1n) is 5.69. The predicted octanol–water partition coefficient (Wildman–Crippen LogP) is 1.95. The van der Waals surface area contributed by atoms with E-state index < -0.39 is 0 Å². The lowest BCUT2D eigenvalue weighted by Crippen LogP contribution is -2.26. The Morgan fingerprint density at radius 3 is 3.00 bits per heavy atom. The molecule has 1 aliphatic heterocycles. The molecule has 2 rings (SSSR count). The minimum Gasteiger partial charge on any atom is -0.493 e. The van der Waals surface area contributed by atoms with Gasteiger partial charge >= 0.3 is 0 Å². The van der Waals surface area contributed by atoms with E-state index in [0.29, 0.717) is 5.92 Å². The molecule has 1 N–H and O–H groups in total. The molecule has 0 atom stereocenters. The molecule has 1 aromatic heterocycles. The summed E-state index contributed by atoms with van der Waals surface area (Å²) in [5.74, 6) is 1.63. The Morgan fingerprint density at radius 1 is 1.47 bits per heavy atom. The van der Waals surface area contributed by atoms with Crippen LogP contribution in [0.25, 0.3) is 0 Å². The maximum atomic E-state index is 5.63. The Balaban J connectivity index is 2.17. The molecule has 1 aliphatic rings. The Hall–Kier alpha value is -1.09. The summed E-state index contributed by atoms with van der Waals surface area (Å²) in [6, 6.07) is 1.97. The summed E-state index contributed by atoms with van der Waals surface area (Å²) >= 11 is 0. The van der Waals surface area contributed by atoms with Crippen LogP contribution in [0.1, 0.15) is 31.2 Å². The van der Waals surface area contributed by atoms with Gasteiger partial charge in [-0.15, -0.1) is 0 Å². The molecule has 3 heteroatoms. The van der Waals surface area contributed by atoms with Gasteiger partial charge in [-0.05, 0) is 44.8 Å². The molecule has 0 unspecified atom stereocenters. The van der Waals surface area contributed by atoms with Crippen molar-refractivity contribution in [3.63, 3.8) is 0 Å². The van der Waals surface area contributed by atoms with Gasteiger partial charge in [0.25, 0.3) is 0 Å². The highest BCUT2D eigenvalue weighted by atomic mass is 16.5. The summed E-state index contributed by atoms with van der Waals surface area (Å²) in [5, 5.41) is 3.37. The molecule has 0 aromatic carbocycles. The molecule has 0 saturated carbocycles. The molecule has 0 bridgehead atoms. The van der Waals surface area contributed by atoms with Gasteiger partial charge in [-0.1, -0.05) is 0 Å². The van der Waals surface area contributed by atoms with E-state index in [1.807, 2.05) is 19.2 Å². The van der Waals surface area contributed by atoms with E-state index >= 15 is 0 Å². The highest BCUT2D eigenvalue weighted by Gasteiger charge is 2.18. The fourth-order valence-corrected chi connectivity index (χ4v) is 2.12. The molecule has 0 radical (unpaired) electrons. The summed E-state index contributed by atoms with van der Waals surface area (Å²) in [7, 11) is 0. The van der Waals surface area contributed by atoms with Gasteiger partial charge in [-0.3, -0.25) is 4.98 Å². The molecule has 15 heavy (non-hydrogen) atoms. The molecule has 1 fully saturated rings. The van der Waals surface area contributed by atoms with Gasteiger partial charge in [-0.25, -0.2) is 0 Å². The van der Waals surface area contributed by atoms with Gasteiger partial charge in [0.2, 0.25) is 0 Å². The first-order valence-corrected chi connectivity index (χ1v) is 5.69. The van der Waals surface area contributed by atoms with Crippen molar-refractivity contribution in [2.45, 2.75) is 25.7 Å². The zero-order valence-corrected chi connectivity index (χ0v) is 9.20. The van der Waals surface area contributed by atoms with Crippen LogP contribution in [0.2, 0.25) is 0 Å². The molecule has 1 saturated heterocycles. The highest BCUT2D eigenvalue weighted by Crippen LogP contribution is 2.31. The van der Waals surface area contributed by atoms with Gasteiger partial charge < -0.3 is 10.1 Å². The van der Waals surface area contributed by atoms with Crippen LogP contribution in [-0.2, 0) is 0 Å². The van der Waals surface area contributed by atoms with E-state index in [1.54, 1.807) is 6.20 Å². The molecule has 0 aliphatic carbocycles. The summed E-state index contributed by atoms with van der Waals surface area (Å²) in [4.78, 5) is 4.20. The lowest BCUT2D eigenvalue weighted by molar-refractivity contribution is 0.329. The smallest absolute Gasteiger partial charge is 0.125 e. The second-order valence-corrected chi connectivity index (χ2v) is 3.87. The van der Waals surface area contributed by atoms with Crippen LogP contribution in [-0.4, -0.2) is 24.7 Å². The van der Waals surface area contributed by atoms with Crippen LogP contribution in [0.4, 0.5) is 0 Å². The minimum absolute atomic E-state index is 0.612. The number of hydrogen-bond donors (Lipinski definition) is 1. The number of ether oxygens (including phenoxy) is 1. The van der Waals surface area contributed by atoms with Crippen LogP contribution in [0.15, 0.2) is 18.5 Å². The van der Waals surface area contributed by atoms with Crippen LogP contribution >= 0.6 is 0 Å². The normalized spacial score (nSPS) is 17.7. The number of hydrogen-bond acceptors (Lipinski definition) is 3. The fourth-order valence-electron chi connectivity index (χ4n) is 2.12. The van der Waals surface area contributed by atoms with Crippen LogP contribution in [0.5, 0.6) is 5.75 Å². The Bertz CT molecular complexity index is 308. The van der Waals surface area contributed by atoms with Crippen molar-refractivity contribution in [1.82, 2.24) is 10.3 Å². The van der Waals surface area contributed by atoms with Crippen molar-refractivity contribution in [3.8, 4) is 5.75 Å². The average molecular weight is 206 g/mol. The summed E-state index contributed by atoms with van der Waals surface area (Å²) in [6.07, 6.45) is 6.13. The zero-order chi connectivity index (χ0) is 10.5. The Morgan fingerprint density at radius 2 is 2.27 bits per heavy atom. The van der Waals surface area contributed by atoms with Crippen molar-refractivity contribution in [2.75, 3.05) is 19.7 Å². The molecule has 3 nitrogen and oxygen atoms in total. The third-order valence-corrected chi connectivity index (χ3v) is 2.89. The van der Waals surface area contributed by atoms with E-state index in [9.17, 15) is 0 Å². The molecular weight excluding hydrogens is 188 g/mol. The van der Waals surface area contributed by atoms with E-state index in [2.05, 4.69) is 10.3 Å². The summed E-state index contributed by atoms with van der Waals surface area (Å²) in [6.45, 7) is 4.95. The lowest BCUT2D eigenvalue weighted by Gasteiger charge is -2.24. The number of aromatic nitrogens is 1. The van der Waals surface area contributed by atoms with E-state index in [1.165, 1.54) is 18.4 Å². The number of nitrogens with zero attached hydrogens (tertiary/aromatic N) is 1. The molecule has 1 aromatic rings. The number of rotatable bonds is 3. The quantitative estimate of drug-likeness (QED) is 0.820. The molecule has 82 valence electrons. The van der Waals surface area contributed by atoms with Gasteiger partial charge in [0.15, 0.2) is 0 Å². The van der Waals surface area contributed by atoms with Gasteiger partial charge in [0.05, 0.1) is 6.61 Å². The third kappa shape index (κ3) is 2.48. The van der Waals surface area contributed by atoms with Gasteiger partial charge in [-0.2, -0.15) is 0 Å². The first kappa shape index (κ1) is 10.4. The van der Waals surface area contributed by atoms with Gasteiger partial charge in [0.1, 0.15) is 5.75 Å². The largest absolute Gasteiger partial charge is 0.493 e. The molecule has 2 heterocycles. The van der Waals surface area contributed by atoms with Crippen molar-refractivity contribution < 1.29 is 4.74 Å². The minimum atomic E-state index is 0.612. The average Bonchev–Trinajstić information content (AvgIpc) is 2.31. The van der Waals surface area contributed by atoms with E-state index in [4.69, 9.17) is 4.74 Å². The monoisotopic (exact) mass is 206 g/mol. The predicted molar refractivity (Wildman–Crippen MR) is 60.3 cm³/mol. The zero-order valence-electron chi connectivity index (χ0n) is 9.20. The van der Waals surface area contributed by atoms with Crippen molar-refractivity contribution >= 4 is 0 Å². The maximum absolute atomic E-state index is 5.63. The molecular formula is C12H18N2O. The lowest BCUT2D eigenvalue weighted by atomic mass is 9.91. The Labute approximate surface area is 90.9 Å². The van der Waals surface area contributed by atoms with Crippen molar-refractivity contribution in [3.05, 3.63) is 24.0 Å². The van der Waals surface area contributed by atoms with Crippen LogP contribution < -0.4 is 10.1 Å². The number of nitrogens with one attached hydrogen (secondary N) is 1. The van der Waals surface area contributed by atoms with Gasteiger partial charge in [0, 0.05) is 18.0 Å². The fraction of sp³-hybridized carbons (Fsp3) is 0.583. The second kappa shape index (κ2) is 5.12. The summed E-state index contributed by atoms with van der Waals surface area (Å²) in [5.41, 5.74) is 1.28. The van der Waals surface area contributed by atoms with Crippen molar-refractivity contribution in [1.29, 1.82) is 0 Å². The van der Waals surface area contributed by atoms with Crippen LogP contribution in [0, 0.1) is 0 Å². The maximum Gasteiger partial charge on any atom is 0.125 e. The SMILES string of the molecule is CCOc1ccncc1C1CCNCC1. The van der Waals surface area contributed by atoms with Crippen LogP contribution in [0.3, 0.4) is 0 Å². The highest BCUT2D eigenvalue weighted by molar-refractivity contribution is 5.33. The number of pyridine rings is 1. The first-order chi connectivity index (χ1) is 7.42. The van der Waals surface area contributed by atoms with E-state index in [-0.39, 0.29) is 0 Å². The summed E-state index contributed by atoms with van der Waals surface area (Å²) < 4.78 is 5.63. The molecule has 0 amide bonds. The molecule has 0 spiro atoms. The van der Waals surface area contributed by atoms with E-state index in [0.717, 1.165) is 25.4 Å². The third-order valence-electron chi connectivity index (χ3n) is 2.89. The number of piperidine rings is 1. The van der Waals surface area contributed by atoms with Crippen molar-refractivity contribution in [2.24, 2.45) is 0 Å². The topological polar surface area (TPSA) is 34.1 Å².